The van der Waals surface area contributed by atoms with Crippen LogP contribution in [0.4, 0.5) is 5.82 Å². The van der Waals surface area contributed by atoms with Crippen LogP contribution in [0.15, 0.2) is 18.3 Å². The minimum absolute atomic E-state index is 0.385. The first-order valence-corrected chi connectivity index (χ1v) is 5.24. The summed E-state index contributed by atoms with van der Waals surface area (Å²) in [5, 5.41) is 0.867. The van der Waals surface area contributed by atoms with Crippen LogP contribution >= 0.6 is 23.2 Å². The third-order valence-electron chi connectivity index (χ3n) is 1.89. The Morgan fingerprint density at radius 3 is 2.56 bits per heavy atom. The molecule has 2 heterocycles. The summed E-state index contributed by atoms with van der Waals surface area (Å²) in [6.45, 7) is 1.82. The summed E-state index contributed by atoms with van der Waals surface area (Å²) in [5.74, 6) is 0.787. The second-order valence-electron chi connectivity index (χ2n) is 3.24. The molecule has 0 aliphatic rings. The van der Waals surface area contributed by atoms with Crippen LogP contribution in [0.3, 0.4) is 0 Å². The number of hydrogen-bond acceptors (Lipinski definition) is 4. The van der Waals surface area contributed by atoms with Gasteiger partial charge in [-0.1, -0.05) is 23.2 Å². The van der Waals surface area contributed by atoms with E-state index in [0.29, 0.717) is 27.4 Å². The Bertz CT molecular complexity index is 522. The Balaban J connectivity index is 2.58. The molecule has 0 spiro atoms. The summed E-state index contributed by atoms with van der Waals surface area (Å²) in [5.41, 5.74) is 6.86. The van der Waals surface area contributed by atoms with Crippen molar-refractivity contribution in [2.24, 2.45) is 0 Å². The monoisotopic (exact) mass is 254 g/mol. The molecule has 0 amide bonds. The van der Waals surface area contributed by atoms with Crippen LogP contribution in [0.2, 0.25) is 10.0 Å². The summed E-state index contributed by atoms with van der Waals surface area (Å²) in [4.78, 5) is 12.4. The fourth-order valence-electron chi connectivity index (χ4n) is 1.28. The maximum Gasteiger partial charge on any atom is 0.181 e. The zero-order valence-corrected chi connectivity index (χ0v) is 9.92. The number of anilines is 1. The number of nitrogens with two attached hydrogens (primary N) is 1. The highest BCUT2D eigenvalue weighted by Gasteiger charge is 2.10. The van der Waals surface area contributed by atoms with Crippen LogP contribution < -0.4 is 5.73 Å². The third-order valence-corrected chi connectivity index (χ3v) is 2.39. The van der Waals surface area contributed by atoms with E-state index in [1.54, 1.807) is 12.1 Å². The molecule has 82 valence electrons. The highest BCUT2D eigenvalue weighted by Crippen LogP contribution is 2.25. The van der Waals surface area contributed by atoms with Crippen molar-refractivity contribution < 1.29 is 0 Å². The topological polar surface area (TPSA) is 64.7 Å². The van der Waals surface area contributed by atoms with Crippen molar-refractivity contribution in [3.63, 3.8) is 0 Å². The summed E-state index contributed by atoms with van der Waals surface area (Å²) in [6, 6.07) is 3.26. The maximum atomic E-state index is 6.00. The zero-order chi connectivity index (χ0) is 11.7. The van der Waals surface area contributed by atoms with Gasteiger partial charge in [-0.05, 0) is 13.0 Å². The van der Waals surface area contributed by atoms with Crippen molar-refractivity contribution >= 4 is 29.0 Å². The number of aromatic nitrogens is 3. The van der Waals surface area contributed by atoms with E-state index in [-0.39, 0.29) is 0 Å². The van der Waals surface area contributed by atoms with Crippen molar-refractivity contribution in [3.05, 3.63) is 34.1 Å². The van der Waals surface area contributed by atoms with E-state index in [9.17, 15) is 0 Å². The van der Waals surface area contributed by atoms with Gasteiger partial charge in [-0.15, -0.1) is 0 Å². The fourth-order valence-corrected chi connectivity index (χ4v) is 1.74. The fraction of sp³-hybridized carbons (Fsp3) is 0.100. The molecule has 6 heteroatoms. The Morgan fingerprint density at radius 2 is 1.94 bits per heavy atom. The number of hydrogen-bond donors (Lipinski definition) is 1. The van der Waals surface area contributed by atoms with Gasteiger partial charge in [0.25, 0.3) is 0 Å². The number of aryl methyl sites for hydroxylation is 1. The predicted octanol–water partition coefficient (Wildman–Crippen LogP) is 2.74. The van der Waals surface area contributed by atoms with E-state index in [1.165, 1.54) is 6.20 Å². The second kappa shape index (κ2) is 4.23. The van der Waals surface area contributed by atoms with Gasteiger partial charge >= 0.3 is 0 Å². The second-order valence-corrected chi connectivity index (χ2v) is 4.09. The van der Waals surface area contributed by atoms with E-state index in [2.05, 4.69) is 15.0 Å². The first-order chi connectivity index (χ1) is 7.56. The van der Waals surface area contributed by atoms with Crippen molar-refractivity contribution in [1.29, 1.82) is 0 Å². The zero-order valence-electron chi connectivity index (χ0n) is 8.41. The summed E-state index contributed by atoms with van der Waals surface area (Å²) in [6.07, 6.45) is 1.49. The number of halogens is 2. The van der Waals surface area contributed by atoms with E-state index in [4.69, 9.17) is 28.9 Å². The molecule has 0 aliphatic carbocycles. The quantitative estimate of drug-likeness (QED) is 0.850. The Morgan fingerprint density at radius 1 is 1.19 bits per heavy atom. The summed E-state index contributed by atoms with van der Waals surface area (Å²) < 4.78 is 0. The average Bonchev–Trinajstić information content (AvgIpc) is 2.15. The predicted molar refractivity (Wildman–Crippen MR) is 64.4 cm³/mol. The molecular formula is C10H8Cl2N4. The molecule has 0 fully saturated rings. The molecule has 0 saturated heterocycles. The lowest BCUT2D eigenvalue weighted by Crippen LogP contribution is -1.99. The number of nitrogen functional groups attached to an aromatic ring is 1. The van der Waals surface area contributed by atoms with E-state index >= 15 is 0 Å². The van der Waals surface area contributed by atoms with E-state index in [0.717, 1.165) is 5.69 Å². The van der Waals surface area contributed by atoms with Crippen LogP contribution in [0.5, 0.6) is 0 Å². The Labute approximate surface area is 102 Å². The minimum Gasteiger partial charge on any atom is -0.384 e. The van der Waals surface area contributed by atoms with E-state index in [1.807, 2.05) is 6.92 Å². The van der Waals surface area contributed by atoms with Gasteiger partial charge in [-0.3, -0.25) is 0 Å². The van der Waals surface area contributed by atoms with Crippen molar-refractivity contribution in [1.82, 2.24) is 15.0 Å². The van der Waals surface area contributed by atoms with Crippen molar-refractivity contribution in [2.45, 2.75) is 6.92 Å². The van der Waals surface area contributed by atoms with Crippen LogP contribution in [0, 0.1) is 6.92 Å². The molecule has 4 nitrogen and oxygen atoms in total. The third kappa shape index (κ3) is 2.23. The smallest absolute Gasteiger partial charge is 0.181 e. The molecule has 0 aromatic carbocycles. The highest BCUT2D eigenvalue weighted by atomic mass is 35.5. The average molecular weight is 255 g/mol. The number of nitrogens with zero attached hydrogens (tertiary/aromatic N) is 3. The van der Waals surface area contributed by atoms with Gasteiger partial charge in [0.05, 0.1) is 10.0 Å². The van der Waals surface area contributed by atoms with E-state index < -0.39 is 0 Å². The van der Waals surface area contributed by atoms with Gasteiger partial charge in [0.15, 0.2) is 5.82 Å². The maximum absolute atomic E-state index is 6.00. The first kappa shape index (κ1) is 11.1. The molecule has 0 unspecified atom stereocenters. The molecule has 2 aromatic heterocycles. The number of rotatable bonds is 1. The Hall–Kier alpha value is -1.39. The molecule has 0 atom stereocenters. The van der Waals surface area contributed by atoms with Crippen LogP contribution in [0.25, 0.3) is 11.5 Å². The highest BCUT2D eigenvalue weighted by molar-refractivity contribution is 6.35. The molecule has 2 rings (SSSR count). The summed E-state index contributed by atoms with van der Waals surface area (Å²) >= 11 is 11.8. The summed E-state index contributed by atoms with van der Waals surface area (Å²) in [7, 11) is 0. The van der Waals surface area contributed by atoms with Gasteiger partial charge in [-0.25, -0.2) is 15.0 Å². The molecule has 2 aromatic rings. The van der Waals surface area contributed by atoms with Gasteiger partial charge in [-0.2, -0.15) is 0 Å². The Kier molecular flexibility index (Phi) is 2.94. The van der Waals surface area contributed by atoms with Crippen LogP contribution in [0.1, 0.15) is 5.69 Å². The molecule has 0 aliphatic heterocycles. The van der Waals surface area contributed by atoms with Crippen LogP contribution in [-0.4, -0.2) is 15.0 Å². The minimum atomic E-state index is 0.385. The molecule has 2 N–H and O–H groups in total. The molecule has 16 heavy (non-hydrogen) atoms. The molecule has 0 bridgehead atoms. The lowest BCUT2D eigenvalue weighted by molar-refractivity contribution is 1.10. The standard InChI is InChI=1S/C10H8Cl2N4/c1-5-2-8(13)16-10(15-5)9-7(12)3-6(11)4-14-9/h2-4H,1H3,(H2,13,15,16). The molecule has 0 radical (unpaired) electrons. The lowest BCUT2D eigenvalue weighted by atomic mass is 10.3. The lowest BCUT2D eigenvalue weighted by Gasteiger charge is -2.04. The van der Waals surface area contributed by atoms with Gasteiger partial charge in [0.1, 0.15) is 11.5 Å². The normalized spacial score (nSPS) is 10.4. The van der Waals surface area contributed by atoms with Crippen molar-refractivity contribution in [2.75, 3.05) is 5.73 Å². The van der Waals surface area contributed by atoms with Gasteiger partial charge < -0.3 is 5.73 Å². The van der Waals surface area contributed by atoms with Gasteiger partial charge in [0, 0.05) is 18.0 Å². The van der Waals surface area contributed by atoms with Crippen LogP contribution in [-0.2, 0) is 0 Å². The number of pyridine rings is 1. The SMILES string of the molecule is Cc1cc(N)nc(-c2ncc(Cl)cc2Cl)n1. The first-order valence-electron chi connectivity index (χ1n) is 4.49. The molecule has 0 saturated carbocycles. The largest absolute Gasteiger partial charge is 0.384 e. The molecular weight excluding hydrogens is 247 g/mol. The van der Waals surface area contributed by atoms with Gasteiger partial charge in [0.2, 0.25) is 0 Å². The van der Waals surface area contributed by atoms with Crippen molar-refractivity contribution in [3.8, 4) is 11.5 Å².